The van der Waals surface area contributed by atoms with Crippen molar-refractivity contribution in [2.45, 2.75) is 0 Å². The van der Waals surface area contributed by atoms with Gasteiger partial charge in [-0.05, 0) is 36.4 Å². The number of hydrogen-bond donors (Lipinski definition) is 2. The Morgan fingerprint density at radius 2 is 1.36 bits per heavy atom. The van der Waals surface area contributed by atoms with E-state index in [2.05, 4.69) is 57.3 Å². The molecule has 1 saturated heterocycles. The van der Waals surface area contributed by atoms with Gasteiger partial charge in [-0.15, -0.1) is 0 Å². The van der Waals surface area contributed by atoms with Crippen molar-refractivity contribution in [1.82, 2.24) is 5.48 Å². The molecule has 0 unspecified atom stereocenters. The molecule has 0 bridgehead atoms. The molecule has 1 heterocycles. The van der Waals surface area contributed by atoms with E-state index >= 15 is 0 Å². The molecule has 2 aromatic rings. The number of benzene rings is 2. The highest BCUT2D eigenvalue weighted by atomic mass is 16.5. The lowest BCUT2D eigenvalue weighted by Gasteiger charge is -2.37. The van der Waals surface area contributed by atoms with E-state index in [1.54, 1.807) is 0 Å². The molecule has 1 aliphatic rings. The van der Waals surface area contributed by atoms with Gasteiger partial charge >= 0.3 is 0 Å². The lowest BCUT2D eigenvalue weighted by atomic mass is 10.2. The van der Waals surface area contributed by atoms with Crippen LogP contribution in [0.15, 0.2) is 59.6 Å². The van der Waals surface area contributed by atoms with E-state index in [4.69, 9.17) is 5.21 Å². The van der Waals surface area contributed by atoms with Crippen LogP contribution in [0.2, 0.25) is 0 Å². The molecule has 1 aliphatic heterocycles. The van der Waals surface area contributed by atoms with Gasteiger partial charge < -0.3 is 9.80 Å². The second-order valence-corrected chi connectivity index (χ2v) is 5.21. The molecule has 114 valence electrons. The number of nitrogens with zero attached hydrogens (tertiary/aromatic N) is 3. The molecule has 5 heteroatoms. The van der Waals surface area contributed by atoms with Crippen molar-refractivity contribution >= 4 is 23.4 Å². The lowest BCUT2D eigenvalue weighted by Crippen LogP contribution is -2.46. The molecule has 22 heavy (non-hydrogen) atoms. The summed E-state index contributed by atoms with van der Waals surface area (Å²) in [6, 6.07) is 18.6. The highest BCUT2D eigenvalue weighted by Crippen LogP contribution is 2.22. The molecule has 1 fully saturated rings. The Morgan fingerprint density at radius 1 is 0.818 bits per heavy atom. The van der Waals surface area contributed by atoms with Crippen LogP contribution in [-0.4, -0.2) is 37.7 Å². The zero-order chi connectivity index (χ0) is 15.2. The summed E-state index contributed by atoms with van der Waals surface area (Å²) in [6.45, 7) is 4.07. The first-order valence-corrected chi connectivity index (χ1v) is 7.44. The number of anilines is 2. The number of piperazine rings is 1. The number of hydroxylamine groups is 1. The van der Waals surface area contributed by atoms with Crippen LogP contribution in [0.25, 0.3) is 0 Å². The summed E-state index contributed by atoms with van der Waals surface area (Å²) in [5.74, 6) is 0. The molecule has 2 aromatic carbocycles. The molecule has 0 amide bonds. The second-order valence-electron chi connectivity index (χ2n) is 5.21. The van der Waals surface area contributed by atoms with E-state index in [1.165, 1.54) is 17.7 Å². The van der Waals surface area contributed by atoms with Crippen molar-refractivity contribution in [1.29, 1.82) is 0 Å². The fourth-order valence-electron chi connectivity index (χ4n) is 2.71. The first kappa shape index (κ1) is 14.4. The van der Waals surface area contributed by atoms with Crippen LogP contribution < -0.4 is 15.3 Å². The van der Waals surface area contributed by atoms with Crippen LogP contribution in [0.3, 0.4) is 0 Å². The van der Waals surface area contributed by atoms with Crippen molar-refractivity contribution in [3.63, 3.8) is 0 Å². The Hall–Kier alpha value is -2.53. The molecule has 0 atom stereocenters. The van der Waals surface area contributed by atoms with Crippen LogP contribution in [0, 0.1) is 0 Å². The minimum Gasteiger partial charge on any atom is -0.368 e. The van der Waals surface area contributed by atoms with Crippen molar-refractivity contribution in [2.75, 3.05) is 36.0 Å². The normalized spacial score (nSPS) is 15.3. The smallest absolute Gasteiger partial charge is 0.113 e. The van der Waals surface area contributed by atoms with Crippen LogP contribution in [0.1, 0.15) is 0 Å². The Balaban J connectivity index is 1.60. The largest absolute Gasteiger partial charge is 0.368 e. The third kappa shape index (κ3) is 3.38. The lowest BCUT2D eigenvalue weighted by molar-refractivity contribution is 0.240. The van der Waals surface area contributed by atoms with E-state index in [0.29, 0.717) is 0 Å². The van der Waals surface area contributed by atoms with Crippen molar-refractivity contribution in [3.8, 4) is 0 Å². The minimum atomic E-state index is 0.813. The van der Waals surface area contributed by atoms with Gasteiger partial charge in [0.25, 0.3) is 0 Å². The molecule has 5 nitrogen and oxygen atoms in total. The van der Waals surface area contributed by atoms with Gasteiger partial charge in [0.15, 0.2) is 0 Å². The first-order valence-electron chi connectivity index (χ1n) is 7.44. The van der Waals surface area contributed by atoms with E-state index in [1.807, 2.05) is 17.6 Å². The van der Waals surface area contributed by atoms with E-state index in [9.17, 15) is 0 Å². The van der Waals surface area contributed by atoms with Crippen LogP contribution in [-0.2, 0) is 0 Å². The number of hydrogen-bond acceptors (Lipinski definition) is 4. The minimum absolute atomic E-state index is 0.813. The third-order valence-corrected chi connectivity index (χ3v) is 3.89. The average Bonchev–Trinajstić information content (AvgIpc) is 2.61. The fraction of sp³-hybridized carbons (Fsp3) is 0.235. The average molecular weight is 296 g/mol. The predicted molar refractivity (Wildman–Crippen MR) is 90.4 cm³/mol. The topological polar surface area (TPSA) is 51.1 Å². The molecular formula is C17H20N4O. The molecule has 0 saturated carbocycles. The van der Waals surface area contributed by atoms with Gasteiger partial charge in [0.1, 0.15) is 6.34 Å². The zero-order valence-electron chi connectivity index (χ0n) is 12.4. The van der Waals surface area contributed by atoms with Gasteiger partial charge in [-0.1, -0.05) is 18.2 Å². The second kappa shape index (κ2) is 6.95. The molecule has 0 aromatic heterocycles. The maximum atomic E-state index is 8.49. The number of para-hydroxylation sites is 1. The first-order chi connectivity index (χ1) is 10.9. The van der Waals surface area contributed by atoms with Gasteiger partial charge in [-0.25, -0.2) is 4.99 Å². The van der Waals surface area contributed by atoms with Crippen LogP contribution >= 0.6 is 0 Å². The Morgan fingerprint density at radius 3 is 1.91 bits per heavy atom. The predicted octanol–water partition coefficient (Wildman–Crippen LogP) is 2.65. The molecule has 0 radical (unpaired) electrons. The highest BCUT2D eigenvalue weighted by Gasteiger charge is 2.17. The highest BCUT2D eigenvalue weighted by molar-refractivity contribution is 5.62. The number of aliphatic imine (C=N–C) groups is 1. The van der Waals surface area contributed by atoms with E-state index < -0.39 is 0 Å². The monoisotopic (exact) mass is 296 g/mol. The Kier molecular flexibility index (Phi) is 4.56. The standard InChI is InChI=1S/C17H20N4O/c22-19-14-18-15-6-8-17(9-7-15)21-12-10-20(11-13-21)16-4-2-1-3-5-16/h1-9,14,22H,10-13H2,(H,18,19). The van der Waals surface area contributed by atoms with Crippen molar-refractivity contribution in [3.05, 3.63) is 54.6 Å². The van der Waals surface area contributed by atoms with E-state index in [-0.39, 0.29) is 0 Å². The molecule has 0 aliphatic carbocycles. The summed E-state index contributed by atoms with van der Waals surface area (Å²) in [7, 11) is 0. The zero-order valence-corrected chi connectivity index (χ0v) is 12.4. The van der Waals surface area contributed by atoms with Gasteiger partial charge in [-0.2, -0.15) is 0 Å². The third-order valence-electron chi connectivity index (χ3n) is 3.89. The van der Waals surface area contributed by atoms with Crippen molar-refractivity contribution in [2.24, 2.45) is 4.99 Å². The van der Waals surface area contributed by atoms with Crippen LogP contribution in [0.4, 0.5) is 17.1 Å². The Bertz CT molecular complexity index is 604. The molecule has 2 N–H and O–H groups in total. The number of nitrogens with one attached hydrogen (secondary N) is 1. The summed E-state index contributed by atoms with van der Waals surface area (Å²) in [5.41, 5.74) is 5.23. The maximum absolute atomic E-state index is 8.49. The summed E-state index contributed by atoms with van der Waals surface area (Å²) < 4.78 is 0. The maximum Gasteiger partial charge on any atom is 0.113 e. The van der Waals surface area contributed by atoms with Crippen molar-refractivity contribution < 1.29 is 5.21 Å². The Labute approximate surface area is 130 Å². The quantitative estimate of drug-likeness (QED) is 0.517. The molecule has 0 spiro atoms. The van der Waals surface area contributed by atoms with Crippen LogP contribution in [0.5, 0.6) is 0 Å². The summed E-state index contributed by atoms with van der Waals surface area (Å²) in [4.78, 5) is 8.85. The van der Waals surface area contributed by atoms with Gasteiger partial charge in [-0.3, -0.25) is 10.7 Å². The SMILES string of the molecule is ONC=Nc1ccc(N2CCN(c3ccccc3)CC2)cc1. The summed E-state index contributed by atoms with van der Waals surface area (Å²) in [6.07, 6.45) is 1.26. The van der Waals surface area contributed by atoms with Gasteiger partial charge in [0, 0.05) is 37.6 Å². The summed E-state index contributed by atoms with van der Waals surface area (Å²) in [5, 5.41) is 8.49. The van der Waals surface area contributed by atoms with Gasteiger partial charge in [0.2, 0.25) is 0 Å². The van der Waals surface area contributed by atoms with Gasteiger partial charge in [0.05, 0.1) is 5.69 Å². The summed E-state index contributed by atoms with van der Waals surface area (Å²) >= 11 is 0. The van der Waals surface area contributed by atoms with E-state index in [0.717, 1.165) is 31.9 Å². The molecular weight excluding hydrogens is 276 g/mol. The molecule has 3 rings (SSSR count). The fourth-order valence-corrected chi connectivity index (χ4v) is 2.71. The number of rotatable bonds is 4.